The first-order valence-electron chi connectivity index (χ1n) is 7.71. The lowest BCUT2D eigenvalue weighted by Crippen LogP contribution is -2.24. The summed E-state index contributed by atoms with van der Waals surface area (Å²) in [6.45, 7) is 6.47. The second kappa shape index (κ2) is 7.85. The van der Waals surface area contributed by atoms with Gasteiger partial charge in [0, 0.05) is 6.07 Å². The van der Waals surface area contributed by atoms with Gasteiger partial charge in [-0.1, -0.05) is 57.2 Å². The van der Waals surface area contributed by atoms with E-state index < -0.39 is 4.92 Å². The van der Waals surface area contributed by atoms with Gasteiger partial charge in [-0.15, -0.1) is 0 Å². The van der Waals surface area contributed by atoms with Crippen LogP contribution in [0.25, 0.3) is 0 Å². The van der Waals surface area contributed by atoms with Crippen molar-refractivity contribution in [1.29, 1.82) is 0 Å². The molecule has 0 radical (unpaired) electrons. The molecule has 0 unspecified atom stereocenters. The van der Waals surface area contributed by atoms with Crippen molar-refractivity contribution in [3.05, 3.63) is 69.8 Å². The fraction of sp³-hybridized carbons (Fsp3) is 0.222. The summed E-state index contributed by atoms with van der Waals surface area (Å²) in [6.07, 6.45) is 1.64. The minimum atomic E-state index is -0.467. The molecule has 0 fully saturated rings. The van der Waals surface area contributed by atoms with Crippen LogP contribution in [0.3, 0.4) is 0 Å². The molecule has 0 amide bonds. The van der Waals surface area contributed by atoms with Crippen molar-refractivity contribution in [2.45, 2.75) is 26.2 Å². The van der Waals surface area contributed by atoms with Crippen LogP contribution in [0, 0.1) is 10.1 Å². The molecule has 6 nitrogen and oxygen atoms in total. The van der Waals surface area contributed by atoms with Crippen LogP contribution in [0.2, 0.25) is 0 Å². The number of hydrogen-bond donors (Lipinski definition) is 2. The Morgan fingerprint density at radius 2 is 1.80 bits per heavy atom. The Balaban J connectivity index is 1.96. The first-order chi connectivity index (χ1) is 11.8. The standard InChI is InChI=1S/C18H20N4O2S/c1-18(2,3)14-10-8-13(9-11-14)12-19-21-17(25)20-15-6-4-5-7-16(15)22(23)24/h4-12H,1-3H3,(H2,20,21,25)/b19-12-. The van der Waals surface area contributed by atoms with Gasteiger partial charge >= 0.3 is 0 Å². The molecular formula is C18H20N4O2S. The fourth-order valence-corrected chi connectivity index (χ4v) is 2.29. The van der Waals surface area contributed by atoms with Crippen LogP contribution in [0.15, 0.2) is 53.6 Å². The van der Waals surface area contributed by atoms with Gasteiger partial charge in [-0.05, 0) is 34.8 Å². The first-order valence-corrected chi connectivity index (χ1v) is 8.12. The molecule has 2 N–H and O–H groups in total. The lowest BCUT2D eigenvalue weighted by Gasteiger charge is -2.18. The van der Waals surface area contributed by atoms with Crippen molar-refractivity contribution in [3.8, 4) is 0 Å². The van der Waals surface area contributed by atoms with E-state index in [-0.39, 0.29) is 16.2 Å². The van der Waals surface area contributed by atoms with Gasteiger partial charge in [0.05, 0.1) is 11.1 Å². The van der Waals surface area contributed by atoms with E-state index in [1.165, 1.54) is 11.6 Å². The number of nitrogens with zero attached hydrogens (tertiary/aromatic N) is 2. The minimum absolute atomic E-state index is 0.0478. The van der Waals surface area contributed by atoms with E-state index in [1.807, 2.05) is 12.1 Å². The number of anilines is 1. The molecule has 25 heavy (non-hydrogen) atoms. The number of nitro benzene ring substituents is 1. The second-order valence-electron chi connectivity index (χ2n) is 6.47. The largest absolute Gasteiger partial charge is 0.326 e. The van der Waals surface area contributed by atoms with E-state index in [0.29, 0.717) is 5.69 Å². The normalized spacial score (nSPS) is 11.3. The highest BCUT2D eigenvalue weighted by Crippen LogP contribution is 2.23. The number of nitrogens with one attached hydrogen (secondary N) is 2. The summed E-state index contributed by atoms with van der Waals surface area (Å²) in [5.74, 6) is 0. The summed E-state index contributed by atoms with van der Waals surface area (Å²) in [5, 5.41) is 18.0. The topological polar surface area (TPSA) is 79.6 Å². The van der Waals surface area contributed by atoms with Crippen LogP contribution in [-0.2, 0) is 5.41 Å². The molecule has 0 aromatic heterocycles. The highest BCUT2D eigenvalue weighted by molar-refractivity contribution is 7.80. The van der Waals surface area contributed by atoms with Crippen LogP contribution < -0.4 is 10.7 Å². The molecule has 0 aliphatic rings. The maximum absolute atomic E-state index is 11.0. The number of nitro groups is 1. The molecule has 0 bridgehead atoms. The number of rotatable bonds is 4. The van der Waals surface area contributed by atoms with Crippen molar-refractivity contribution in [3.63, 3.8) is 0 Å². The molecule has 130 valence electrons. The van der Waals surface area contributed by atoms with Gasteiger partial charge < -0.3 is 5.32 Å². The summed E-state index contributed by atoms with van der Waals surface area (Å²) in [6, 6.07) is 14.4. The average Bonchev–Trinajstić information content (AvgIpc) is 2.55. The number of para-hydroxylation sites is 2. The molecule has 0 atom stereocenters. The SMILES string of the molecule is CC(C)(C)c1ccc(/C=N\NC(=S)Nc2ccccc2[N+](=O)[O-])cc1. The Kier molecular flexibility index (Phi) is 5.82. The van der Waals surface area contributed by atoms with E-state index in [2.05, 4.69) is 48.7 Å². The Bertz CT molecular complexity index is 795. The van der Waals surface area contributed by atoms with Crippen LogP contribution in [0.5, 0.6) is 0 Å². The Morgan fingerprint density at radius 1 is 1.16 bits per heavy atom. The highest BCUT2D eigenvalue weighted by atomic mass is 32.1. The number of hydrazone groups is 1. The Labute approximate surface area is 152 Å². The highest BCUT2D eigenvalue weighted by Gasteiger charge is 2.13. The Morgan fingerprint density at radius 3 is 2.40 bits per heavy atom. The third-order valence-corrected chi connectivity index (χ3v) is 3.70. The van der Waals surface area contributed by atoms with Crippen molar-refractivity contribution in [2.24, 2.45) is 5.10 Å². The zero-order valence-electron chi connectivity index (χ0n) is 14.3. The maximum atomic E-state index is 11.0. The van der Waals surface area contributed by atoms with Gasteiger partial charge in [0.2, 0.25) is 0 Å². The third-order valence-electron chi connectivity index (χ3n) is 3.51. The van der Waals surface area contributed by atoms with E-state index >= 15 is 0 Å². The molecule has 7 heteroatoms. The second-order valence-corrected chi connectivity index (χ2v) is 6.88. The lowest BCUT2D eigenvalue weighted by molar-refractivity contribution is -0.383. The zero-order valence-corrected chi connectivity index (χ0v) is 15.1. The first kappa shape index (κ1) is 18.5. The van der Waals surface area contributed by atoms with Gasteiger partial charge in [0.1, 0.15) is 5.69 Å². The van der Waals surface area contributed by atoms with E-state index in [4.69, 9.17) is 12.2 Å². The predicted molar refractivity (Wildman–Crippen MR) is 105 cm³/mol. The molecule has 2 aromatic rings. The Hall–Kier alpha value is -2.80. The van der Waals surface area contributed by atoms with Crippen LogP contribution >= 0.6 is 12.2 Å². The summed E-state index contributed by atoms with van der Waals surface area (Å²) >= 11 is 5.11. The maximum Gasteiger partial charge on any atom is 0.292 e. The van der Waals surface area contributed by atoms with Crippen molar-refractivity contribution in [2.75, 3.05) is 5.32 Å². The smallest absolute Gasteiger partial charge is 0.292 e. The zero-order chi connectivity index (χ0) is 18.4. The average molecular weight is 356 g/mol. The molecule has 0 saturated heterocycles. The quantitative estimate of drug-likeness (QED) is 0.371. The van der Waals surface area contributed by atoms with Crippen molar-refractivity contribution >= 4 is 34.9 Å². The minimum Gasteiger partial charge on any atom is -0.326 e. The van der Waals surface area contributed by atoms with Gasteiger partial charge in [-0.25, -0.2) is 0 Å². The van der Waals surface area contributed by atoms with Gasteiger partial charge in [-0.3, -0.25) is 15.5 Å². The van der Waals surface area contributed by atoms with Gasteiger partial charge in [0.15, 0.2) is 5.11 Å². The molecular weight excluding hydrogens is 336 g/mol. The van der Waals surface area contributed by atoms with E-state index in [9.17, 15) is 10.1 Å². The molecule has 0 spiro atoms. The van der Waals surface area contributed by atoms with E-state index in [1.54, 1.807) is 24.4 Å². The number of thiocarbonyl (C=S) groups is 1. The molecule has 0 aliphatic heterocycles. The van der Waals surface area contributed by atoms with Crippen molar-refractivity contribution in [1.82, 2.24) is 5.43 Å². The molecule has 0 aliphatic carbocycles. The van der Waals surface area contributed by atoms with Gasteiger partial charge in [0.25, 0.3) is 5.69 Å². The van der Waals surface area contributed by atoms with Crippen LogP contribution in [0.1, 0.15) is 31.9 Å². The summed E-state index contributed by atoms with van der Waals surface area (Å²) in [7, 11) is 0. The molecule has 0 heterocycles. The van der Waals surface area contributed by atoms with Crippen molar-refractivity contribution < 1.29 is 4.92 Å². The number of benzene rings is 2. The lowest BCUT2D eigenvalue weighted by atomic mass is 9.87. The monoisotopic (exact) mass is 356 g/mol. The third kappa shape index (κ3) is 5.36. The summed E-state index contributed by atoms with van der Waals surface area (Å²) in [4.78, 5) is 10.5. The van der Waals surface area contributed by atoms with E-state index in [0.717, 1.165) is 5.56 Å². The van der Waals surface area contributed by atoms with Crippen LogP contribution in [0.4, 0.5) is 11.4 Å². The molecule has 0 saturated carbocycles. The molecule has 2 rings (SSSR count). The number of hydrogen-bond acceptors (Lipinski definition) is 4. The van der Waals surface area contributed by atoms with Gasteiger partial charge in [-0.2, -0.15) is 5.10 Å². The summed E-state index contributed by atoms with van der Waals surface area (Å²) < 4.78 is 0. The fourth-order valence-electron chi connectivity index (χ4n) is 2.12. The van der Waals surface area contributed by atoms with Crippen LogP contribution in [-0.4, -0.2) is 16.3 Å². The predicted octanol–water partition coefficient (Wildman–Crippen LogP) is 4.21. The molecule has 2 aromatic carbocycles. The summed E-state index contributed by atoms with van der Waals surface area (Å²) in [5.41, 5.74) is 5.19.